The molecule has 0 saturated carbocycles. The van der Waals surface area contributed by atoms with E-state index in [1.807, 2.05) is 11.3 Å². The van der Waals surface area contributed by atoms with E-state index in [1.165, 1.54) is 155 Å². The fourth-order valence-corrected chi connectivity index (χ4v) is 15.9. The zero-order valence-corrected chi connectivity index (χ0v) is 44.5. The summed E-state index contributed by atoms with van der Waals surface area (Å²) in [4.78, 5) is 4.09. The van der Waals surface area contributed by atoms with Gasteiger partial charge >= 0.3 is 6.85 Å². The molecule has 0 radical (unpaired) electrons. The van der Waals surface area contributed by atoms with Gasteiger partial charge in [0.2, 0.25) is 0 Å². The topological polar surface area (TPSA) is 8.17 Å². The first-order chi connectivity index (χ1) is 34.3. The third kappa shape index (κ3) is 5.37. The van der Waals surface area contributed by atoms with Gasteiger partial charge in [0.1, 0.15) is 0 Å². The lowest BCUT2D eigenvalue weighted by molar-refractivity contribution is 0.332. The van der Waals surface area contributed by atoms with Crippen LogP contribution in [0.3, 0.4) is 0 Å². The quantitative estimate of drug-likeness (QED) is 0.157. The molecule has 0 N–H and O–H groups in total. The van der Waals surface area contributed by atoms with Crippen molar-refractivity contribution in [3.63, 3.8) is 0 Å². The Kier molecular flexibility index (Phi) is 8.19. The van der Waals surface area contributed by atoms with E-state index in [0.717, 1.165) is 0 Å². The normalized spacial score (nSPS) is 17.7. The number of anilines is 2. The summed E-state index contributed by atoms with van der Waals surface area (Å²) in [6.45, 7) is 26.8. The van der Waals surface area contributed by atoms with Gasteiger partial charge in [-0.15, -0.1) is 11.3 Å². The lowest BCUT2D eigenvalue weighted by Crippen LogP contribution is -2.61. The zero-order valence-electron chi connectivity index (χ0n) is 43.7. The minimum absolute atomic E-state index is 0.0239. The summed E-state index contributed by atoms with van der Waals surface area (Å²) in [6, 6.07) is 57.6. The van der Waals surface area contributed by atoms with Crippen molar-refractivity contribution in [2.24, 2.45) is 0 Å². The summed E-state index contributed by atoms with van der Waals surface area (Å²) in [5.41, 5.74) is 28.7. The van der Waals surface area contributed by atoms with Gasteiger partial charge in [-0.1, -0.05) is 173 Å². The molecule has 0 unspecified atom stereocenters. The minimum Gasteiger partial charge on any atom is -0.376 e. The number of benzene rings is 8. The number of nitrogens with zero attached hydrogens (tertiary/aromatic N) is 2. The number of thiophene rings is 1. The molecule has 352 valence electrons. The Balaban J connectivity index is 1.18. The maximum atomic E-state index is 2.78. The number of hydrogen-bond donors (Lipinski definition) is 0. The molecule has 2 aromatic heterocycles. The van der Waals surface area contributed by atoms with E-state index in [9.17, 15) is 0 Å². The highest BCUT2D eigenvalue weighted by Crippen LogP contribution is 2.62. The molecule has 0 bridgehead atoms. The van der Waals surface area contributed by atoms with E-state index in [0.29, 0.717) is 0 Å². The van der Waals surface area contributed by atoms with Gasteiger partial charge in [0.15, 0.2) is 0 Å². The predicted octanol–water partition coefficient (Wildman–Crippen LogP) is 17.2. The van der Waals surface area contributed by atoms with E-state index in [1.54, 1.807) is 0 Å². The maximum Gasteiger partial charge on any atom is 0.333 e. The number of hydrogen-bond acceptors (Lipinski definition) is 2. The molecule has 8 aromatic carbocycles. The minimum atomic E-state index is -0.270. The summed E-state index contributed by atoms with van der Waals surface area (Å²) < 4.78 is 4.11. The highest BCUT2D eigenvalue weighted by molar-refractivity contribution is 7.22. The van der Waals surface area contributed by atoms with Crippen molar-refractivity contribution < 1.29 is 0 Å². The molecule has 15 rings (SSSR count). The largest absolute Gasteiger partial charge is 0.376 e. The van der Waals surface area contributed by atoms with E-state index < -0.39 is 0 Å². The van der Waals surface area contributed by atoms with Crippen molar-refractivity contribution in [2.75, 3.05) is 4.81 Å². The average molecular weight is 949 g/mol. The predicted molar refractivity (Wildman–Crippen MR) is 310 cm³/mol. The molecule has 4 heteroatoms. The van der Waals surface area contributed by atoms with Gasteiger partial charge in [0, 0.05) is 53.8 Å². The molecule has 2 aliphatic heterocycles. The Morgan fingerprint density at radius 3 is 1.90 bits per heavy atom. The van der Waals surface area contributed by atoms with Crippen LogP contribution in [0.1, 0.15) is 128 Å². The first kappa shape index (κ1) is 43.0. The molecule has 3 aliphatic carbocycles. The van der Waals surface area contributed by atoms with Gasteiger partial charge < -0.3 is 9.38 Å². The van der Waals surface area contributed by atoms with Gasteiger partial charge in [-0.2, -0.15) is 0 Å². The number of rotatable bonds is 2. The van der Waals surface area contributed by atoms with Crippen LogP contribution in [-0.2, 0) is 27.1 Å². The van der Waals surface area contributed by atoms with Crippen molar-refractivity contribution in [1.29, 1.82) is 0 Å². The highest BCUT2D eigenvalue weighted by atomic mass is 32.1. The molecule has 4 heterocycles. The van der Waals surface area contributed by atoms with Crippen molar-refractivity contribution in [3.05, 3.63) is 185 Å². The Labute approximate surface area is 429 Å². The first-order valence-electron chi connectivity index (χ1n) is 26.5. The van der Waals surface area contributed by atoms with Crippen LogP contribution in [0.25, 0.3) is 81.4 Å². The summed E-state index contributed by atoms with van der Waals surface area (Å²) in [7, 11) is 0. The van der Waals surface area contributed by atoms with Crippen LogP contribution < -0.4 is 15.7 Å². The van der Waals surface area contributed by atoms with Crippen LogP contribution in [0.4, 0.5) is 11.4 Å². The maximum absolute atomic E-state index is 2.78. The van der Waals surface area contributed by atoms with Crippen LogP contribution in [0, 0.1) is 0 Å². The zero-order chi connectivity index (χ0) is 49.3. The molecule has 2 nitrogen and oxygen atoms in total. The molecule has 0 amide bonds. The second-order valence-electron chi connectivity index (χ2n) is 25.5. The van der Waals surface area contributed by atoms with Gasteiger partial charge in [-0.25, -0.2) is 0 Å². The second-order valence-corrected chi connectivity index (χ2v) is 26.6. The van der Waals surface area contributed by atoms with Crippen molar-refractivity contribution >= 4 is 72.4 Å². The van der Waals surface area contributed by atoms with Crippen LogP contribution in [0.2, 0.25) is 0 Å². The van der Waals surface area contributed by atoms with Gasteiger partial charge in [-0.05, 0) is 166 Å². The van der Waals surface area contributed by atoms with Crippen molar-refractivity contribution in [1.82, 2.24) is 4.57 Å². The molecule has 5 aliphatic rings. The summed E-state index contributed by atoms with van der Waals surface area (Å²) in [5, 5.41) is 4.12. The molecule has 0 atom stereocenters. The monoisotopic (exact) mass is 948 g/mol. The van der Waals surface area contributed by atoms with E-state index in [-0.39, 0.29) is 33.9 Å². The first-order valence-corrected chi connectivity index (χ1v) is 27.3. The summed E-state index contributed by atoms with van der Waals surface area (Å²) in [6.07, 6.45) is 2.35. The number of fused-ring (bicyclic) bond motifs is 18. The third-order valence-corrected chi connectivity index (χ3v) is 19.9. The van der Waals surface area contributed by atoms with Gasteiger partial charge in [-0.3, -0.25) is 0 Å². The molecule has 10 aromatic rings. The summed E-state index contributed by atoms with van der Waals surface area (Å²) >= 11 is 1.93. The van der Waals surface area contributed by atoms with Crippen LogP contribution >= 0.6 is 11.3 Å². The van der Waals surface area contributed by atoms with Gasteiger partial charge in [0.05, 0.1) is 11.0 Å². The summed E-state index contributed by atoms with van der Waals surface area (Å²) in [5.74, 6) is 0. The Morgan fingerprint density at radius 2 is 1.19 bits per heavy atom. The smallest absolute Gasteiger partial charge is 0.333 e. The fraction of sp³-hybridized carbons (Fsp3) is 0.265. The Bertz CT molecular complexity index is 4070. The van der Waals surface area contributed by atoms with Crippen LogP contribution in [-0.4, -0.2) is 11.4 Å². The van der Waals surface area contributed by atoms with E-state index in [2.05, 4.69) is 231 Å². The molecular weight excluding hydrogens is 888 g/mol. The SMILES string of the molecule is CC(C)(C)c1ccc(N2B3c4cc5cc(-c6ccccc6)sc5cc4-n4c5cc6c(cc5c5c7c(c(c3c54)-c3cc4c(cc32)-c2ccccc2C4(C)C)C(C)(C)c2ccccc2-7)C(C)(C)CCC6(C)C)cc1. The molecular formula is C68H61BN2S. The lowest BCUT2D eigenvalue weighted by Gasteiger charge is -2.44. The van der Waals surface area contributed by atoms with E-state index >= 15 is 0 Å². The molecule has 0 saturated heterocycles. The Hall–Kier alpha value is -6.62. The number of aromatic nitrogens is 1. The molecule has 0 spiro atoms. The second kappa shape index (κ2) is 13.7. The lowest BCUT2D eigenvalue weighted by atomic mass is 9.43. The van der Waals surface area contributed by atoms with Crippen molar-refractivity contribution in [3.8, 4) is 49.5 Å². The Morgan fingerprint density at radius 1 is 0.542 bits per heavy atom. The molecule has 72 heavy (non-hydrogen) atoms. The van der Waals surface area contributed by atoms with Crippen molar-refractivity contribution in [2.45, 2.75) is 116 Å². The van der Waals surface area contributed by atoms with Crippen LogP contribution in [0.15, 0.2) is 146 Å². The standard InChI is InChI=1S/C68H61BN2S/c1-64(2,3)40-25-27-41(28-26-40)71-54-35-44-42-21-15-17-23-47(42)67(8,9)49(44)33-46(54)60-61-58(43-22-16-18-24-48(43)68(61,10)11)59-45-34-50-51(66(6,7)30-29-65(50,4)5)36-53(45)70-55-37-57-39(31-52(55)69(71)62(60)63(59)70)32-56(72-57)38-19-13-12-14-20-38/h12-28,31-37H,29-30H2,1-11H3. The highest BCUT2D eigenvalue weighted by Gasteiger charge is 2.52. The fourth-order valence-electron chi connectivity index (χ4n) is 14.8. The molecule has 0 fully saturated rings. The van der Waals surface area contributed by atoms with Gasteiger partial charge in [0.25, 0.3) is 0 Å². The van der Waals surface area contributed by atoms with Crippen LogP contribution in [0.5, 0.6) is 0 Å². The third-order valence-electron chi connectivity index (χ3n) is 18.7. The van der Waals surface area contributed by atoms with E-state index in [4.69, 9.17) is 0 Å². The average Bonchev–Trinajstić information content (AvgIpc) is 4.06.